The smallest absolute Gasteiger partial charge is 0.338 e. The number of nitrogens with zero attached hydrogens (tertiary/aromatic N) is 1. The first kappa shape index (κ1) is 18.3. The van der Waals surface area contributed by atoms with E-state index in [4.69, 9.17) is 9.15 Å². The minimum Gasteiger partial charge on any atom is -0.452 e. The third-order valence-electron chi connectivity index (χ3n) is 3.74. The molecule has 0 saturated heterocycles. The maximum absolute atomic E-state index is 13.0. The van der Waals surface area contributed by atoms with E-state index >= 15 is 0 Å². The van der Waals surface area contributed by atoms with Crippen LogP contribution in [0.1, 0.15) is 28.7 Å². The van der Waals surface area contributed by atoms with Crippen LogP contribution >= 0.6 is 0 Å². The van der Waals surface area contributed by atoms with E-state index in [1.807, 2.05) is 0 Å². The summed E-state index contributed by atoms with van der Waals surface area (Å²) in [4.78, 5) is 27.1. The lowest BCUT2D eigenvalue weighted by Crippen LogP contribution is -2.18. The van der Waals surface area contributed by atoms with Crippen molar-refractivity contribution >= 4 is 11.9 Å². The van der Waals surface area contributed by atoms with Crippen LogP contribution in [0, 0.1) is 5.82 Å². The van der Waals surface area contributed by atoms with Gasteiger partial charge < -0.3 is 14.5 Å². The van der Waals surface area contributed by atoms with E-state index in [1.165, 1.54) is 25.3 Å². The van der Waals surface area contributed by atoms with Gasteiger partial charge in [0.15, 0.2) is 12.4 Å². The highest BCUT2D eigenvalue weighted by Crippen LogP contribution is 2.21. The Balaban J connectivity index is 1.56. The van der Waals surface area contributed by atoms with E-state index < -0.39 is 5.97 Å². The molecule has 3 rings (SSSR count). The first-order valence-electron chi connectivity index (χ1n) is 8.22. The van der Waals surface area contributed by atoms with Gasteiger partial charge in [0.2, 0.25) is 11.8 Å². The molecular formula is C20H17FN2O4. The lowest BCUT2D eigenvalue weighted by molar-refractivity contribution is -0.119. The fourth-order valence-corrected chi connectivity index (χ4v) is 2.32. The zero-order valence-electron chi connectivity index (χ0n) is 14.6. The van der Waals surface area contributed by atoms with Crippen molar-refractivity contribution in [3.8, 4) is 11.3 Å². The van der Waals surface area contributed by atoms with Gasteiger partial charge in [0, 0.05) is 19.0 Å². The number of nitrogens with one attached hydrogen (secondary N) is 1. The highest BCUT2D eigenvalue weighted by atomic mass is 19.1. The van der Waals surface area contributed by atoms with Crippen molar-refractivity contribution in [2.75, 3.05) is 0 Å². The van der Waals surface area contributed by atoms with E-state index in [-0.39, 0.29) is 24.2 Å². The maximum Gasteiger partial charge on any atom is 0.338 e. The summed E-state index contributed by atoms with van der Waals surface area (Å²) in [5.41, 5.74) is 1.93. The summed E-state index contributed by atoms with van der Waals surface area (Å²) in [6.45, 7) is 1.72. The summed E-state index contributed by atoms with van der Waals surface area (Å²) < 4.78 is 23.7. The number of aromatic nitrogens is 1. The van der Waals surface area contributed by atoms with Crippen LogP contribution in [-0.4, -0.2) is 16.9 Å². The van der Waals surface area contributed by atoms with Crippen molar-refractivity contribution in [3.05, 3.63) is 77.6 Å². The standard InChI is InChI=1S/C20H17FN2O4/c1-13(24)22-10-14-2-4-16(5-3-14)20(25)26-12-19-23-11-18(27-19)15-6-8-17(21)9-7-15/h2-9,11H,10,12H2,1H3,(H,22,24). The van der Waals surface area contributed by atoms with Crippen LogP contribution in [0.4, 0.5) is 4.39 Å². The topological polar surface area (TPSA) is 81.4 Å². The lowest BCUT2D eigenvalue weighted by atomic mass is 10.1. The Bertz CT molecular complexity index is 933. The molecule has 3 aromatic rings. The Morgan fingerprint density at radius 3 is 2.48 bits per heavy atom. The second kappa shape index (κ2) is 8.27. The van der Waals surface area contributed by atoms with Gasteiger partial charge in [-0.1, -0.05) is 12.1 Å². The molecule has 0 radical (unpaired) electrons. The van der Waals surface area contributed by atoms with Gasteiger partial charge >= 0.3 is 5.97 Å². The molecule has 27 heavy (non-hydrogen) atoms. The van der Waals surface area contributed by atoms with Gasteiger partial charge in [-0.15, -0.1) is 0 Å². The van der Waals surface area contributed by atoms with Crippen LogP contribution in [0.3, 0.4) is 0 Å². The van der Waals surface area contributed by atoms with E-state index in [2.05, 4.69) is 10.3 Å². The summed E-state index contributed by atoms with van der Waals surface area (Å²) in [7, 11) is 0. The van der Waals surface area contributed by atoms with Gasteiger partial charge in [-0.25, -0.2) is 14.2 Å². The van der Waals surface area contributed by atoms with Gasteiger partial charge in [-0.3, -0.25) is 4.79 Å². The lowest BCUT2D eigenvalue weighted by Gasteiger charge is -2.05. The molecule has 6 nitrogen and oxygen atoms in total. The van der Waals surface area contributed by atoms with E-state index in [9.17, 15) is 14.0 Å². The second-order valence-electron chi connectivity index (χ2n) is 5.81. The normalized spacial score (nSPS) is 10.4. The molecule has 0 aliphatic heterocycles. The number of benzene rings is 2. The van der Waals surface area contributed by atoms with Crippen molar-refractivity contribution in [3.63, 3.8) is 0 Å². The highest BCUT2D eigenvalue weighted by molar-refractivity contribution is 5.89. The summed E-state index contributed by atoms with van der Waals surface area (Å²) >= 11 is 0. The number of oxazole rings is 1. The van der Waals surface area contributed by atoms with Crippen molar-refractivity contribution in [1.82, 2.24) is 10.3 Å². The Kier molecular flexibility index (Phi) is 5.61. The molecular weight excluding hydrogens is 351 g/mol. The third-order valence-corrected chi connectivity index (χ3v) is 3.74. The minimum absolute atomic E-state index is 0.117. The number of ether oxygens (including phenoxy) is 1. The molecule has 7 heteroatoms. The van der Waals surface area contributed by atoms with Gasteiger partial charge in [0.25, 0.3) is 0 Å². The Morgan fingerprint density at radius 2 is 1.81 bits per heavy atom. The molecule has 0 saturated carbocycles. The Morgan fingerprint density at radius 1 is 1.11 bits per heavy atom. The molecule has 138 valence electrons. The monoisotopic (exact) mass is 368 g/mol. The number of carbonyl (C=O) groups is 2. The number of halogens is 1. The van der Waals surface area contributed by atoms with Crippen molar-refractivity contribution in [1.29, 1.82) is 0 Å². The highest BCUT2D eigenvalue weighted by Gasteiger charge is 2.11. The van der Waals surface area contributed by atoms with Crippen LogP contribution in [0.15, 0.2) is 59.1 Å². The van der Waals surface area contributed by atoms with Crippen LogP contribution in [0.25, 0.3) is 11.3 Å². The number of amides is 1. The zero-order chi connectivity index (χ0) is 19.2. The van der Waals surface area contributed by atoms with Gasteiger partial charge in [-0.2, -0.15) is 0 Å². The fraction of sp³-hybridized carbons (Fsp3) is 0.150. The van der Waals surface area contributed by atoms with Crippen LogP contribution < -0.4 is 5.32 Å². The molecule has 0 fully saturated rings. The largest absolute Gasteiger partial charge is 0.452 e. The number of hydrogen-bond acceptors (Lipinski definition) is 5. The summed E-state index contributed by atoms with van der Waals surface area (Å²) in [6, 6.07) is 12.5. The second-order valence-corrected chi connectivity index (χ2v) is 5.81. The molecule has 2 aromatic carbocycles. The SMILES string of the molecule is CC(=O)NCc1ccc(C(=O)OCc2ncc(-c3ccc(F)cc3)o2)cc1. The summed E-state index contributed by atoms with van der Waals surface area (Å²) in [5, 5.41) is 2.68. The average molecular weight is 368 g/mol. The fourth-order valence-electron chi connectivity index (χ4n) is 2.32. The summed E-state index contributed by atoms with van der Waals surface area (Å²) in [5.74, 6) is -0.268. The van der Waals surface area contributed by atoms with Crippen molar-refractivity contribution in [2.24, 2.45) is 0 Å². The minimum atomic E-state index is -0.511. The van der Waals surface area contributed by atoms with Gasteiger partial charge in [-0.05, 0) is 42.0 Å². The number of carbonyl (C=O) groups excluding carboxylic acids is 2. The molecule has 0 aliphatic rings. The predicted octanol–water partition coefficient (Wildman–Crippen LogP) is 3.47. The molecule has 0 spiro atoms. The first-order chi connectivity index (χ1) is 13.0. The number of hydrogen-bond donors (Lipinski definition) is 1. The molecule has 1 amide bonds. The molecule has 0 bridgehead atoms. The van der Waals surface area contributed by atoms with Crippen molar-refractivity contribution < 1.29 is 23.1 Å². The van der Waals surface area contributed by atoms with Crippen molar-refractivity contribution in [2.45, 2.75) is 20.1 Å². The Hall–Kier alpha value is -3.48. The first-order valence-corrected chi connectivity index (χ1v) is 8.22. The summed E-state index contributed by atoms with van der Waals surface area (Å²) in [6.07, 6.45) is 1.49. The average Bonchev–Trinajstić information content (AvgIpc) is 3.14. The molecule has 0 unspecified atom stereocenters. The predicted molar refractivity (Wildman–Crippen MR) is 95.0 cm³/mol. The van der Waals surface area contributed by atoms with Crippen LogP contribution in [0.5, 0.6) is 0 Å². The number of rotatable bonds is 6. The zero-order valence-corrected chi connectivity index (χ0v) is 14.6. The van der Waals surface area contributed by atoms with Gasteiger partial charge in [0.05, 0.1) is 11.8 Å². The molecule has 1 heterocycles. The van der Waals surface area contributed by atoms with Gasteiger partial charge in [0.1, 0.15) is 5.82 Å². The number of esters is 1. The quantitative estimate of drug-likeness (QED) is 0.674. The molecule has 0 atom stereocenters. The molecule has 1 aromatic heterocycles. The maximum atomic E-state index is 13.0. The Labute approximate surface area is 155 Å². The van der Waals surface area contributed by atoms with E-state index in [0.717, 1.165) is 5.56 Å². The van der Waals surface area contributed by atoms with Crippen LogP contribution in [0.2, 0.25) is 0 Å². The van der Waals surface area contributed by atoms with Crippen LogP contribution in [-0.2, 0) is 22.7 Å². The molecule has 0 aliphatic carbocycles. The van der Waals surface area contributed by atoms with E-state index in [1.54, 1.807) is 36.4 Å². The third kappa shape index (κ3) is 5.01. The molecule has 1 N–H and O–H groups in total. The van der Waals surface area contributed by atoms with E-state index in [0.29, 0.717) is 23.4 Å².